The molecule has 1 heterocycles. The van der Waals surface area contributed by atoms with Crippen LogP contribution in [0.1, 0.15) is 10.5 Å². The van der Waals surface area contributed by atoms with Crippen molar-refractivity contribution in [3.05, 3.63) is 24.0 Å². The molecule has 0 aromatic carbocycles. The van der Waals surface area contributed by atoms with E-state index in [1.54, 1.807) is 18.3 Å². The van der Waals surface area contributed by atoms with Crippen LogP contribution in [0, 0.1) is 0 Å². The lowest BCUT2D eigenvalue weighted by Gasteiger charge is -1.70. The maximum atomic E-state index is 9.84. The first-order valence-electron chi connectivity index (χ1n) is 2.47. The summed E-state index contributed by atoms with van der Waals surface area (Å²) in [5.41, 5.74) is 0.625. The first-order valence-corrected chi connectivity index (χ1v) is 2.47. The number of nitrogens with one attached hydrogen (secondary N) is 1. The van der Waals surface area contributed by atoms with Crippen molar-refractivity contribution in [2.75, 3.05) is 7.11 Å². The average Bonchev–Trinajstić information content (AvgIpc) is 2.43. The summed E-state index contributed by atoms with van der Waals surface area (Å²) in [6.07, 6.45) is 2.49. The SMILES string of the molecule is CO.O=Cc1ccc[nH]1. The molecule has 0 radical (unpaired) electrons. The van der Waals surface area contributed by atoms with Crippen molar-refractivity contribution in [1.29, 1.82) is 0 Å². The standard InChI is InChI=1S/C5H5NO.CH4O/c7-4-5-2-1-3-6-5;1-2/h1-4,6H;2H,1H3. The van der Waals surface area contributed by atoms with Gasteiger partial charge in [-0.05, 0) is 12.1 Å². The third-order valence-corrected chi connectivity index (χ3v) is 0.749. The molecule has 0 saturated heterocycles. The lowest BCUT2D eigenvalue weighted by molar-refractivity contribution is 0.111. The Labute approximate surface area is 53.3 Å². The Morgan fingerprint density at radius 1 is 1.67 bits per heavy atom. The monoisotopic (exact) mass is 127 g/mol. The summed E-state index contributed by atoms with van der Waals surface area (Å²) in [5, 5.41) is 7.00. The second kappa shape index (κ2) is 5.05. The lowest BCUT2D eigenvalue weighted by Crippen LogP contribution is -1.72. The fraction of sp³-hybridized carbons (Fsp3) is 0.167. The van der Waals surface area contributed by atoms with E-state index in [2.05, 4.69) is 4.98 Å². The highest BCUT2D eigenvalue weighted by Gasteiger charge is 1.81. The molecule has 1 aromatic rings. The number of aromatic amines is 1. The van der Waals surface area contributed by atoms with Crippen molar-refractivity contribution in [1.82, 2.24) is 4.98 Å². The van der Waals surface area contributed by atoms with Crippen LogP contribution in [0.25, 0.3) is 0 Å². The van der Waals surface area contributed by atoms with Crippen LogP contribution in [0.3, 0.4) is 0 Å². The summed E-state index contributed by atoms with van der Waals surface area (Å²) >= 11 is 0. The second-order valence-electron chi connectivity index (χ2n) is 1.24. The highest BCUT2D eigenvalue weighted by atomic mass is 16.2. The van der Waals surface area contributed by atoms with Crippen LogP contribution in [-0.4, -0.2) is 23.5 Å². The van der Waals surface area contributed by atoms with Gasteiger partial charge in [-0.3, -0.25) is 4.79 Å². The Morgan fingerprint density at radius 3 is 2.56 bits per heavy atom. The molecule has 0 aliphatic carbocycles. The predicted octanol–water partition coefficient (Wildman–Crippen LogP) is 0.436. The summed E-state index contributed by atoms with van der Waals surface area (Å²) < 4.78 is 0. The molecule has 3 nitrogen and oxygen atoms in total. The summed E-state index contributed by atoms with van der Waals surface area (Å²) in [4.78, 5) is 12.6. The van der Waals surface area contributed by atoms with Crippen LogP contribution in [-0.2, 0) is 0 Å². The van der Waals surface area contributed by atoms with Gasteiger partial charge in [-0.15, -0.1) is 0 Å². The van der Waals surface area contributed by atoms with Gasteiger partial charge in [0.2, 0.25) is 0 Å². The number of aliphatic hydroxyl groups excluding tert-OH is 1. The van der Waals surface area contributed by atoms with E-state index in [0.717, 1.165) is 13.4 Å². The average molecular weight is 127 g/mol. The van der Waals surface area contributed by atoms with Gasteiger partial charge in [-0.1, -0.05) is 0 Å². The second-order valence-corrected chi connectivity index (χ2v) is 1.24. The summed E-state index contributed by atoms with van der Waals surface area (Å²) in [5.74, 6) is 0. The Balaban J connectivity index is 0.000000291. The maximum Gasteiger partial charge on any atom is 0.166 e. The number of aldehydes is 1. The van der Waals surface area contributed by atoms with E-state index in [9.17, 15) is 4.79 Å². The highest BCUT2D eigenvalue weighted by Crippen LogP contribution is 1.85. The van der Waals surface area contributed by atoms with Gasteiger partial charge >= 0.3 is 0 Å². The number of carbonyl (C=O) groups is 1. The number of aliphatic hydroxyl groups is 1. The third kappa shape index (κ3) is 2.66. The summed E-state index contributed by atoms with van der Waals surface area (Å²) in [7, 11) is 1.00. The van der Waals surface area contributed by atoms with Gasteiger partial charge in [-0.25, -0.2) is 0 Å². The van der Waals surface area contributed by atoms with Crippen LogP contribution in [0.15, 0.2) is 18.3 Å². The van der Waals surface area contributed by atoms with Gasteiger partial charge in [0.15, 0.2) is 6.29 Å². The first kappa shape index (κ1) is 7.91. The van der Waals surface area contributed by atoms with Crippen molar-refractivity contribution in [2.45, 2.75) is 0 Å². The zero-order chi connectivity index (χ0) is 7.11. The molecule has 0 amide bonds. The number of hydrogen-bond acceptors (Lipinski definition) is 2. The molecular formula is C6H9NO2. The van der Waals surface area contributed by atoms with Gasteiger partial charge in [0.25, 0.3) is 0 Å². The van der Waals surface area contributed by atoms with E-state index in [1.807, 2.05) is 0 Å². The van der Waals surface area contributed by atoms with E-state index in [1.165, 1.54) is 0 Å². The normalized spacial score (nSPS) is 7.33. The van der Waals surface area contributed by atoms with Gasteiger partial charge in [0.05, 0.1) is 5.69 Å². The minimum atomic E-state index is 0.625. The molecule has 0 bridgehead atoms. The van der Waals surface area contributed by atoms with Crippen molar-refractivity contribution >= 4 is 6.29 Å². The molecular weight excluding hydrogens is 118 g/mol. The van der Waals surface area contributed by atoms with E-state index < -0.39 is 0 Å². The van der Waals surface area contributed by atoms with Gasteiger partial charge in [0.1, 0.15) is 0 Å². The van der Waals surface area contributed by atoms with Gasteiger partial charge in [0, 0.05) is 13.3 Å². The van der Waals surface area contributed by atoms with Crippen molar-refractivity contribution < 1.29 is 9.90 Å². The van der Waals surface area contributed by atoms with Crippen LogP contribution in [0.4, 0.5) is 0 Å². The fourth-order valence-electron chi connectivity index (χ4n) is 0.418. The molecule has 1 rings (SSSR count). The molecule has 3 heteroatoms. The van der Waals surface area contributed by atoms with Crippen LogP contribution in [0.2, 0.25) is 0 Å². The van der Waals surface area contributed by atoms with Crippen LogP contribution >= 0.6 is 0 Å². The van der Waals surface area contributed by atoms with Gasteiger partial charge < -0.3 is 10.1 Å². The molecule has 2 N–H and O–H groups in total. The maximum absolute atomic E-state index is 9.84. The van der Waals surface area contributed by atoms with E-state index in [0.29, 0.717) is 5.69 Å². The summed E-state index contributed by atoms with van der Waals surface area (Å²) in [6, 6.07) is 3.50. The molecule has 0 atom stereocenters. The number of hydrogen-bond donors (Lipinski definition) is 2. The zero-order valence-corrected chi connectivity index (χ0v) is 5.16. The molecule has 0 unspecified atom stereocenters. The third-order valence-electron chi connectivity index (χ3n) is 0.749. The smallest absolute Gasteiger partial charge is 0.166 e. The van der Waals surface area contributed by atoms with Crippen molar-refractivity contribution in [3.8, 4) is 0 Å². The Hall–Kier alpha value is -1.09. The molecule has 0 fully saturated rings. The molecule has 0 aliphatic heterocycles. The largest absolute Gasteiger partial charge is 0.400 e. The molecule has 1 aromatic heterocycles. The number of carbonyl (C=O) groups excluding carboxylic acids is 1. The minimum Gasteiger partial charge on any atom is -0.400 e. The summed E-state index contributed by atoms with van der Waals surface area (Å²) in [6.45, 7) is 0. The van der Waals surface area contributed by atoms with Crippen molar-refractivity contribution in [2.24, 2.45) is 0 Å². The quantitative estimate of drug-likeness (QED) is 0.538. The molecule has 0 saturated carbocycles. The lowest BCUT2D eigenvalue weighted by atomic mass is 10.5. The predicted molar refractivity (Wildman–Crippen MR) is 34.3 cm³/mol. The van der Waals surface area contributed by atoms with Crippen LogP contribution < -0.4 is 0 Å². The van der Waals surface area contributed by atoms with E-state index in [-0.39, 0.29) is 0 Å². The number of aromatic nitrogens is 1. The number of H-pyrrole nitrogens is 1. The Bertz CT molecular complexity index is 146. The highest BCUT2D eigenvalue weighted by molar-refractivity contribution is 5.71. The molecule has 0 spiro atoms. The molecule has 0 aliphatic rings. The number of rotatable bonds is 1. The zero-order valence-electron chi connectivity index (χ0n) is 5.16. The van der Waals surface area contributed by atoms with E-state index in [4.69, 9.17) is 5.11 Å². The first-order chi connectivity index (χ1) is 4.43. The van der Waals surface area contributed by atoms with Gasteiger partial charge in [-0.2, -0.15) is 0 Å². The van der Waals surface area contributed by atoms with Crippen LogP contribution in [0.5, 0.6) is 0 Å². The topological polar surface area (TPSA) is 53.1 Å². The van der Waals surface area contributed by atoms with E-state index >= 15 is 0 Å². The minimum absolute atomic E-state index is 0.625. The molecule has 9 heavy (non-hydrogen) atoms. The van der Waals surface area contributed by atoms with Crippen molar-refractivity contribution in [3.63, 3.8) is 0 Å². The Morgan fingerprint density at radius 2 is 2.33 bits per heavy atom. The Kier molecular flexibility index (Phi) is 4.44. The molecule has 50 valence electrons. The fourth-order valence-corrected chi connectivity index (χ4v) is 0.418.